The molecule has 6 nitrogen and oxygen atoms in total. The molecule has 120 valence electrons. The molecule has 7 heteroatoms. The van der Waals surface area contributed by atoms with Gasteiger partial charge < -0.3 is 14.6 Å². The third kappa shape index (κ3) is 3.08. The minimum Gasteiger partial charge on any atom is -0.503 e. The zero-order valence-corrected chi connectivity index (χ0v) is 13.7. The Hall–Kier alpha value is -1.47. The molecule has 0 bridgehead atoms. The maximum absolute atomic E-state index is 11.7. The Labute approximate surface area is 125 Å². The summed E-state index contributed by atoms with van der Waals surface area (Å²) in [6, 6.07) is 0. The highest BCUT2D eigenvalue weighted by molar-refractivity contribution is 7.86. The molecule has 0 spiro atoms. The lowest BCUT2D eigenvalue weighted by Gasteiger charge is -2.23. The summed E-state index contributed by atoms with van der Waals surface area (Å²) in [4.78, 5) is -0.494. The number of phenolic OH excluding ortho intramolecular Hbond substituents is 1. The Balaban J connectivity index is 3.96. The van der Waals surface area contributed by atoms with Crippen molar-refractivity contribution in [2.75, 3.05) is 14.2 Å². The van der Waals surface area contributed by atoms with Gasteiger partial charge in [-0.15, -0.1) is 0 Å². The molecule has 0 aliphatic rings. The van der Waals surface area contributed by atoms with E-state index >= 15 is 0 Å². The average Bonchev–Trinajstić information content (AvgIpc) is 2.41. The van der Waals surface area contributed by atoms with Crippen LogP contribution in [0.2, 0.25) is 0 Å². The highest BCUT2D eigenvalue weighted by Crippen LogP contribution is 2.49. The zero-order valence-electron chi connectivity index (χ0n) is 12.9. The summed E-state index contributed by atoms with van der Waals surface area (Å²) in [5.74, 6) is -0.585. The van der Waals surface area contributed by atoms with Crippen molar-refractivity contribution >= 4 is 10.1 Å². The number of phenols is 1. The van der Waals surface area contributed by atoms with Crippen LogP contribution in [-0.4, -0.2) is 32.3 Å². The third-order valence-corrected chi connectivity index (χ3v) is 4.61. The number of rotatable bonds is 6. The predicted octanol–water partition coefficient (Wildman–Crippen LogP) is 2.87. The van der Waals surface area contributed by atoms with Gasteiger partial charge in [-0.1, -0.05) is 13.8 Å². The lowest BCUT2D eigenvalue weighted by atomic mass is 9.89. The Kier molecular flexibility index (Phi) is 5.47. The van der Waals surface area contributed by atoms with Gasteiger partial charge in [-0.05, 0) is 31.2 Å². The molecular formula is C14H22O6S. The van der Waals surface area contributed by atoms with Crippen LogP contribution in [0, 0.1) is 6.92 Å². The first-order valence-corrected chi connectivity index (χ1v) is 8.13. The van der Waals surface area contributed by atoms with Crippen LogP contribution in [0.15, 0.2) is 4.90 Å². The van der Waals surface area contributed by atoms with Crippen LogP contribution in [0.3, 0.4) is 0 Å². The highest BCUT2D eigenvalue weighted by atomic mass is 32.2. The van der Waals surface area contributed by atoms with E-state index in [2.05, 4.69) is 0 Å². The molecule has 0 radical (unpaired) electrons. The summed E-state index contributed by atoms with van der Waals surface area (Å²) in [6.45, 7) is 5.51. The number of benzene rings is 1. The SMILES string of the molecule is CCC(CC)c1c(C)c(OC)c(OC)c(O)c1S(=O)(=O)O. The molecule has 0 heterocycles. The molecule has 0 saturated heterocycles. The summed E-state index contributed by atoms with van der Waals surface area (Å²) in [5.41, 5.74) is 0.908. The molecule has 0 aliphatic carbocycles. The van der Waals surface area contributed by atoms with Crippen molar-refractivity contribution in [3.8, 4) is 17.2 Å². The van der Waals surface area contributed by atoms with Crippen LogP contribution in [0.25, 0.3) is 0 Å². The molecule has 0 fully saturated rings. The second-order valence-corrected chi connectivity index (χ2v) is 6.13. The molecule has 0 aromatic heterocycles. The molecule has 0 amide bonds. The van der Waals surface area contributed by atoms with Crippen molar-refractivity contribution in [3.63, 3.8) is 0 Å². The minimum absolute atomic E-state index is 0.0997. The van der Waals surface area contributed by atoms with Crippen LogP contribution >= 0.6 is 0 Å². The van der Waals surface area contributed by atoms with Crippen molar-refractivity contribution in [2.24, 2.45) is 0 Å². The van der Waals surface area contributed by atoms with Crippen LogP contribution in [0.5, 0.6) is 17.2 Å². The van der Waals surface area contributed by atoms with Crippen molar-refractivity contribution in [2.45, 2.75) is 44.4 Å². The smallest absolute Gasteiger partial charge is 0.298 e. The molecule has 1 rings (SSSR count). The van der Waals surface area contributed by atoms with Gasteiger partial charge in [0.1, 0.15) is 4.90 Å². The van der Waals surface area contributed by atoms with Gasteiger partial charge in [0.15, 0.2) is 11.5 Å². The topological polar surface area (TPSA) is 93.1 Å². The zero-order chi connectivity index (χ0) is 16.4. The lowest BCUT2D eigenvalue weighted by Crippen LogP contribution is -2.12. The lowest BCUT2D eigenvalue weighted by molar-refractivity contribution is 0.323. The normalized spacial score (nSPS) is 11.8. The number of ether oxygens (including phenoxy) is 2. The van der Waals surface area contributed by atoms with Gasteiger partial charge in [0.25, 0.3) is 10.1 Å². The van der Waals surface area contributed by atoms with E-state index in [1.54, 1.807) is 6.92 Å². The summed E-state index contributed by atoms with van der Waals surface area (Å²) in [5, 5.41) is 10.2. The third-order valence-electron chi connectivity index (χ3n) is 3.69. The highest BCUT2D eigenvalue weighted by Gasteiger charge is 2.32. The van der Waals surface area contributed by atoms with E-state index in [9.17, 15) is 18.1 Å². The van der Waals surface area contributed by atoms with Crippen LogP contribution in [-0.2, 0) is 10.1 Å². The molecule has 2 N–H and O–H groups in total. The molecule has 1 aromatic carbocycles. The fourth-order valence-corrected chi connectivity index (χ4v) is 3.62. The van der Waals surface area contributed by atoms with Crippen molar-refractivity contribution < 1.29 is 27.6 Å². The van der Waals surface area contributed by atoms with Gasteiger partial charge in [-0.2, -0.15) is 8.42 Å². The van der Waals surface area contributed by atoms with Gasteiger partial charge in [0.05, 0.1) is 14.2 Å². The van der Waals surface area contributed by atoms with Gasteiger partial charge >= 0.3 is 0 Å². The maximum atomic E-state index is 11.7. The molecular weight excluding hydrogens is 296 g/mol. The Bertz CT molecular complexity index is 617. The molecule has 0 atom stereocenters. The van der Waals surface area contributed by atoms with E-state index < -0.39 is 20.8 Å². The Morgan fingerprint density at radius 3 is 1.90 bits per heavy atom. The number of methoxy groups -OCH3 is 2. The fraction of sp³-hybridized carbons (Fsp3) is 0.571. The van der Waals surface area contributed by atoms with Crippen LogP contribution in [0.1, 0.15) is 43.7 Å². The van der Waals surface area contributed by atoms with E-state index in [0.29, 0.717) is 24.0 Å². The molecule has 0 aliphatic heterocycles. The summed E-state index contributed by atoms with van der Waals surface area (Å²) in [6.07, 6.45) is 1.32. The monoisotopic (exact) mass is 318 g/mol. The minimum atomic E-state index is -4.59. The second-order valence-electron chi connectivity index (χ2n) is 4.77. The van der Waals surface area contributed by atoms with Crippen molar-refractivity contribution in [1.82, 2.24) is 0 Å². The van der Waals surface area contributed by atoms with Gasteiger partial charge in [0, 0.05) is 5.56 Å². The van der Waals surface area contributed by atoms with Crippen molar-refractivity contribution in [1.29, 1.82) is 0 Å². The molecule has 0 saturated carbocycles. The van der Waals surface area contributed by atoms with Crippen molar-refractivity contribution in [3.05, 3.63) is 11.1 Å². The van der Waals surface area contributed by atoms with E-state index in [1.807, 2.05) is 13.8 Å². The van der Waals surface area contributed by atoms with Gasteiger partial charge in [-0.3, -0.25) is 4.55 Å². The van der Waals surface area contributed by atoms with Gasteiger partial charge in [-0.25, -0.2) is 0 Å². The quantitative estimate of drug-likeness (QED) is 0.783. The average molecular weight is 318 g/mol. The van der Waals surface area contributed by atoms with E-state index in [0.717, 1.165) is 0 Å². The van der Waals surface area contributed by atoms with Gasteiger partial charge in [0.2, 0.25) is 5.75 Å². The number of hydrogen-bond acceptors (Lipinski definition) is 5. The predicted molar refractivity (Wildman–Crippen MR) is 79.1 cm³/mol. The first-order chi connectivity index (χ1) is 9.74. The summed E-state index contributed by atoms with van der Waals surface area (Å²) in [7, 11) is -1.89. The Morgan fingerprint density at radius 1 is 1.10 bits per heavy atom. The first kappa shape index (κ1) is 17.6. The molecule has 1 aromatic rings. The second kappa shape index (κ2) is 6.53. The Morgan fingerprint density at radius 2 is 1.57 bits per heavy atom. The van der Waals surface area contributed by atoms with Crippen LogP contribution < -0.4 is 9.47 Å². The standard InChI is InChI=1S/C14H22O6S/c1-6-9(7-2)10-8(3)12(19-4)13(20-5)11(15)14(10)21(16,17)18/h9,15H,6-7H2,1-5H3,(H,16,17,18). The van der Waals surface area contributed by atoms with E-state index in [-0.39, 0.29) is 17.4 Å². The largest absolute Gasteiger partial charge is 0.503 e. The van der Waals surface area contributed by atoms with E-state index in [1.165, 1.54) is 14.2 Å². The summed E-state index contributed by atoms with van der Waals surface area (Å²) < 4.78 is 43.2. The van der Waals surface area contributed by atoms with Crippen LogP contribution in [0.4, 0.5) is 0 Å². The first-order valence-electron chi connectivity index (χ1n) is 6.69. The summed E-state index contributed by atoms with van der Waals surface area (Å²) >= 11 is 0. The number of aromatic hydroxyl groups is 1. The fourth-order valence-electron chi connectivity index (χ4n) is 2.69. The number of hydrogen-bond donors (Lipinski definition) is 2. The maximum Gasteiger partial charge on any atom is 0.298 e. The molecule has 0 unspecified atom stereocenters. The molecule has 21 heavy (non-hydrogen) atoms. The van der Waals surface area contributed by atoms with E-state index in [4.69, 9.17) is 9.47 Å².